The van der Waals surface area contributed by atoms with E-state index >= 15 is 0 Å². The third-order valence-electron chi connectivity index (χ3n) is 4.66. The summed E-state index contributed by atoms with van der Waals surface area (Å²) in [7, 11) is 0. The molecule has 0 heterocycles. The van der Waals surface area contributed by atoms with Gasteiger partial charge in [-0.05, 0) is 50.5 Å². The van der Waals surface area contributed by atoms with Crippen molar-refractivity contribution < 1.29 is 14.3 Å². The van der Waals surface area contributed by atoms with E-state index in [0.717, 1.165) is 11.3 Å². The molecule has 0 bridgehead atoms. The van der Waals surface area contributed by atoms with Gasteiger partial charge in [-0.2, -0.15) is 0 Å². The van der Waals surface area contributed by atoms with Crippen LogP contribution in [0.4, 0.5) is 0 Å². The van der Waals surface area contributed by atoms with Crippen molar-refractivity contribution in [2.24, 2.45) is 0 Å². The van der Waals surface area contributed by atoms with Crippen LogP contribution in [0.1, 0.15) is 45.6 Å². The Bertz CT molecular complexity index is 811. The molecule has 5 nitrogen and oxygen atoms in total. The number of carbonyl (C=O) groups is 2. The number of benzene rings is 2. The summed E-state index contributed by atoms with van der Waals surface area (Å²) < 4.78 is 5.69. The number of para-hydroxylation sites is 1. The highest BCUT2D eigenvalue weighted by atomic mass is 35.5. The first kappa shape index (κ1) is 23.7. The third-order valence-corrected chi connectivity index (χ3v) is 5.03. The highest BCUT2D eigenvalue weighted by molar-refractivity contribution is 6.31. The standard InChI is InChI=1S/C24H31ClN2O3/c1-4-22(24(29)26-18(2)3)27(17-19-11-8-9-14-21(19)25)23(28)15-10-16-30-20-12-6-5-7-13-20/h5-9,11-14,18,22H,4,10,15-17H2,1-3H3,(H,26,29)/t22-/m0/s1. The molecule has 2 amide bonds. The molecule has 30 heavy (non-hydrogen) atoms. The highest BCUT2D eigenvalue weighted by Crippen LogP contribution is 2.20. The number of nitrogens with zero attached hydrogens (tertiary/aromatic N) is 1. The van der Waals surface area contributed by atoms with Crippen molar-refractivity contribution in [3.8, 4) is 5.75 Å². The Labute approximate surface area is 184 Å². The summed E-state index contributed by atoms with van der Waals surface area (Å²) in [4.78, 5) is 27.5. The number of nitrogens with one attached hydrogen (secondary N) is 1. The highest BCUT2D eigenvalue weighted by Gasteiger charge is 2.29. The Morgan fingerprint density at radius 1 is 1.07 bits per heavy atom. The summed E-state index contributed by atoms with van der Waals surface area (Å²) in [5, 5.41) is 3.51. The molecular formula is C24H31ClN2O3. The van der Waals surface area contributed by atoms with E-state index in [1.54, 1.807) is 11.0 Å². The van der Waals surface area contributed by atoms with Crippen molar-refractivity contribution in [3.63, 3.8) is 0 Å². The second kappa shape index (κ2) is 12.2. The summed E-state index contributed by atoms with van der Waals surface area (Å²) in [6, 6.07) is 16.4. The zero-order valence-electron chi connectivity index (χ0n) is 17.9. The molecule has 0 saturated carbocycles. The normalized spacial score (nSPS) is 11.8. The van der Waals surface area contributed by atoms with Gasteiger partial charge in [-0.3, -0.25) is 9.59 Å². The zero-order valence-corrected chi connectivity index (χ0v) is 18.7. The van der Waals surface area contributed by atoms with Crippen molar-refractivity contribution >= 4 is 23.4 Å². The quantitative estimate of drug-likeness (QED) is 0.519. The van der Waals surface area contributed by atoms with E-state index in [9.17, 15) is 9.59 Å². The van der Waals surface area contributed by atoms with Crippen LogP contribution in [0.15, 0.2) is 54.6 Å². The van der Waals surface area contributed by atoms with Crippen LogP contribution in [-0.2, 0) is 16.1 Å². The van der Waals surface area contributed by atoms with E-state index in [-0.39, 0.29) is 17.9 Å². The van der Waals surface area contributed by atoms with Gasteiger partial charge in [0, 0.05) is 24.0 Å². The van der Waals surface area contributed by atoms with Crippen molar-refractivity contribution in [3.05, 3.63) is 65.2 Å². The molecule has 162 valence electrons. The van der Waals surface area contributed by atoms with Gasteiger partial charge < -0.3 is 15.0 Å². The SMILES string of the molecule is CC[C@@H](C(=O)NC(C)C)N(Cc1ccccc1Cl)C(=O)CCCOc1ccccc1. The van der Waals surface area contributed by atoms with Crippen LogP contribution < -0.4 is 10.1 Å². The topological polar surface area (TPSA) is 58.6 Å². The van der Waals surface area contributed by atoms with Crippen LogP contribution >= 0.6 is 11.6 Å². The number of ether oxygens (including phenoxy) is 1. The second-order valence-corrected chi connectivity index (χ2v) is 7.87. The van der Waals surface area contributed by atoms with Gasteiger partial charge in [0.15, 0.2) is 0 Å². The number of amides is 2. The monoisotopic (exact) mass is 430 g/mol. The maximum atomic E-state index is 13.1. The lowest BCUT2D eigenvalue weighted by molar-refractivity contribution is -0.141. The van der Waals surface area contributed by atoms with Crippen LogP contribution in [0, 0.1) is 0 Å². The summed E-state index contributed by atoms with van der Waals surface area (Å²) in [5.41, 5.74) is 0.823. The second-order valence-electron chi connectivity index (χ2n) is 7.47. The van der Waals surface area contributed by atoms with Crippen molar-refractivity contribution in [2.75, 3.05) is 6.61 Å². The number of hydrogen-bond donors (Lipinski definition) is 1. The van der Waals surface area contributed by atoms with Crippen LogP contribution in [0.2, 0.25) is 5.02 Å². The summed E-state index contributed by atoms with van der Waals surface area (Å²) in [6.45, 7) is 6.46. The average Bonchev–Trinajstić information content (AvgIpc) is 2.72. The Balaban J connectivity index is 2.07. The van der Waals surface area contributed by atoms with E-state index in [2.05, 4.69) is 5.32 Å². The fourth-order valence-corrected chi connectivity index (χ4v) is 3.38. The molecule has 0 saturated heterocycles. The van der Waals surface area contributed by atoms with Crippen molar-refractivity contribution in [2.45, 2.75) is 58.7 Å². The molecule has 0 aliphatic heterocycles. The number of halogens is 1. The molecule has 0 radical (unpaired) electrons. The fraction of sp³-hybridized carbons (Fsp3) is 0.417. The van der Waals surface area contributed by atoms with E-state index in [0.29, 0.717) is 37.4 Å². The molecule has 6 heteroatoms. The lowest BCUT2D eigenvalue weighted by atomic mass is 10.1. The van der Waals surface area contributed by atoms with Crippen LogP contribution in [-0.4, -0.2) is 35.4 Å². The van der Waals surface area contributed by atoms with Gasteiger partial charge in [-0.15, -0.1) is 0 Å². The largest absolute Gasteiger partial charge is 0.494 e. The number of carbonyl (C=O) groups excluding carboxylic acids is 2. The van der Waals surface area contributed by atoms with Crippen molar-refractivity contribution in [1.82, 2.24) is 10.2 Å². The van der Waals surface area contributed by atoms with Gasteiger partial charge in [0.2, 0.25) is 11.8 Å². The number of hydrogen-bond acceptors (Lipinski definition) is 3. The maximum Gasteiger partial charge on any atom is 0.243 e. The molecule has 0 aliphatic rings. The van der Waals surface area contributed by atoms with Gasteiger partial charge in [0.1, 0.15) is 11.8 Å². The van der Waals surface area contributed by atoms with Gasteiger partial charge in [0.25, 0.3) is 0 Å². The van der Waals surface area contributed by atoms with E-state index in [1.807, 2.05) is 69.3 Å². The molecule has 0 fully saturated rings. The summed E-state index contributed by atoms with van der Waals surface area (Å²) >= 11 is 6.32. The predicted octanol–water partition coefficient (Wildman–Crippen LogP) is 4.83. The number of rotatable bonds is 11. The molecule has 0 spiro atoms. The van der Waals surface area contributed by atoms with E-state index in [4.69, 9.17) is 16.3 Å². The van der Waals surface area contributed by atoms with Crippen LogP contribution in [0.5, 0.6) is 5.75 Å². The first-order valence-corrected chi connectivity index (χ1v) is 10.8. The predicted molar refractivity (Wildman–Crippen MR) is 121 cm³/mol. The molecule has 2 aromatic rings. The van der Waals surface area contributed by atoms with Gasteiger partial charge in [-0.25, -0.2) is 0 Å². The Kier molecular flexibility index (Phi) is 9.68. The molecule has 1 N–H and O–H groups in total. The minimum Gasteiger partial charge on any atom is -0.494 e. The summed E-state index contributed by atoms with van der Waals surface area (Å²) in [6.07, 6.45) is 1.38. The van der Waals surface area contributed by atoms with E-state index in [1.165, 1.54) is 0 Å². The molecule has 2 aromatic carbocycles. The van der Waals surface area contributed by atoms with Crippen LogP contribution in [0.25, 0.3) is 0 Å². The molecule has 0 unspecified atom stereocenters. The first-order valence-electron chi connectivity index (χ1n) is 10.4. The van der Waals surface area contributed by atoms with Gasteiger partial charge in [0.05, 0.1) is 6.61 Å². The lowest BCUT2D eigenvalue weighted by Gasteiger charge is -2.31. The maximum absolute atomic E-state index is 13.1. The van der Waals surface area contributed by atoms with E-state index < -0.39 is 6.04 Å². The molecule has 2 rings (SSSR count). The van der Waals surface area contributed by atoms with Crippen LogP contribution in [0.3, 0.4) is 0 Å². The lowest BCUT2D eigenvalue weighted by Crippen LogP contribution is -2.50. The minimum absolute atomic E-state index is 0.00286. The Morgan fingerprint density at radius 3 is 2.37 bits per heavy atom. The molecule has 0 aromatic heterocycles. The Hall–Kier alpha value is -2.53. The first-order chi connectivity index (χ1) is 14.4. The molecule has 0 aliphatic carbocycles. The van der Waals surface area contributed by atoms with Crippen molar-refractivity contribution in [1.29, 1.82) is 0 Å². The summed E-state index contributed by atoms with van der Waals surface area (Å²) in [5.74, 6) is 0.548. The minimum atomic E-state index is -0.550. The zero-order chi connectivity index (χ0) is 21.9. The van der Waals surface area contributed by atoms with Gasteiger partial charge in [-0.1, -0.05) is 54.9 Å². The average molecular weight is 431 g/mol. The van der Waals surface area contributed by atoms with Gasteiger partial charge >= 0.3 is 0 Å². The Morgan fingerprint density at radius 2 is 1.73 bits per heavy atom. The molecular weight excluding hydrogens is 400 g/mol. The third kappa shape index (κ3) is 7.38. The smallest absolute Gasteiger partial charge is 0.243 e. The fourth-order valence-electron chi connectivity index (χ4n) is 3.18. The molecule has 1 atom stereocenters.